The fraction of sp³-hybridized carbons (Fsp3) is 0.533. The quantitative estimate of drug-likeness (QED) is 0.818. The third-order valence-corrected chi connectivity index (χ3v) is 2.36. The second-order valence-corrected chi connectivity index (χ2v) is 5.33. The van der Waals surface area contributed by atoms with Crippen LogP contribution in [0.2, 0.25) is 0 Å². The van der Waals surface area contributed by atoms with Gasteiger partial charge in [-0.3, -0.25) is 0 Å². The Morgan fingerprint density at radius 2 is 1.57 bits per heavy atom. The van der Waals surface area contributed by atoms with E-state index in [1.807, 2.05) is 20.8 Å². The molecule has 0 spiro atoms. The number of hydrogen-bond donors (Lipinski definition) is 1. The molecular formula is C15H23NO5. The first-order valence-corrected chi connectivity index (χ1v) is 6.67. The van der Waals surface area contributed by atoms with Gasteiger partial charge in [0.25, 0.3) is 0 Å². The summed E-state index contributed by atoms with van der Waals surface area (Å²) >= 11 is 0. The van der Waals surface area contributed by atoms with Crippen molar-refractivity contribution in [1.29, 1.82) is 0 Å². The highest BCUT2D eigenvalue weighted by Gasteiger charge is 2.15. The Bertz CT molecular complexity index is 445. The van der Waals surface area contributed by atoms with Crippen LogP contribution < -0.4 is 19.5 Å². The molecule has 0 aliphatic heterocycles. The van der Waals surface area contributed by atoms with Gasteiger partial charge in [-0.25, -0.2) is 4.79 Å². The van der Waals surface area contributed by atoms with Crippen molar-refractivity contribution in [3.05, 3.63) is 18.2 Å². The summed E-state index contributed by atoms with van der Waals surface area (Å²) in [5.41, 5.74) is -0.509. The first-order valence-electron chi connectivity index (χ1n) is 6.67. The maximum atomic E-state index is 11.4. The van der Waals surface area contributed by atoms with Crippen LogP contribution in [0, 0.1) is 0 Å². The van der Waals surface area contributed by atoms with Crippen molar-refractivity contribution >= 4 is 6.09 Å². The maximum Gasteiger partial charge on any atom is 0.407 e. The van der Waals surface area contributed by atoms with Crippen LogP contribution in [0.5, 0.6) is 17.2 Å². The van der Waals surface area contributed by atoms with E-state index < -0.39 is 11.7 Å². The Labute approximate surface area is 125 Å². The third-order valence-electron chi connectivity index (χ3n) is 2.36. The molecule has 0 saturated heterocycles. The summed E-state index contributed by atoms with van der Waals surface area (Å²) in [5, 5.41) is 2.62. The molecule has 118 valence electrons. The Hall–Kier alpha value is -2.11. The molecule has 0 heterocycles. The van der Waals surface area contributed by atoms with Gasteiger partial charge in [-0.05, 0) is 20.8 Å². The zero-order chi connectivity index (χ0) is 15.9. The van der Waals surface area contributed by atoms with Gasteiger partial charge in [0.1, 0.15) is 29.5 Å². The standard InChI is InChI=1S/C15H23NO5/c1-15(2,3)21-14(17)16-6-7-20-13-9-11(18-4)8-12(10-13)19-5/h8-10H,6-7H2,1-5H3,(H,16,17). The number of hydrogen-bond acceptors (Lipinski definition) is 5. The third kappa shape index (κ3) is 6.74. The predicted octanol–water partition coefficient (Wildman–Crippen LogP) is 2.61. The molecule has 0 aliphatic rings. The number of nitrogens with one attached hydrogen (secondary N) is 1. The molecule has 0 aromatic heterocycles. The first kappa shape index (κ1) is 16.9. The van der Waals surface area contributed by atoms with Crippen LogP contribution in [0.15, 0.2) is 18.2 Å². The summed E-state index contributed by atoms with van der Waals surface area (Å²) < 4.78 is 21.0. The average molecular weight is 297 g/mol. The van der Waals surface area contributed by atoms with Gasteiger partial charge >= 0.3 is 6.09 Å². The highest BCUT2D eigenvalue weighted by atomic mass is 16.6. The summed E-state index contributed by atoms with van der Waals surface area (Å²) in [4.78, 5) is 11.4. The highest BCUT2D eigenvalue weighted by molar-refractivity contribution is 5.67. The lowest BCUT2D eigenvalue weighted by Crippen LogP contribution is -2.34. The summed E-state index contributed by atoms with van der Waals surface area (Å²) in [6.07, 6.45) is -0.464. The Morgan fingerprint density at radius 1 is 1.05 bits per heavy atom. The number of amides is 1. The molecule has 1 aromatic rings. The predicted molar refractivity (Wildman–Crippen MR) is 79.3 cm³/mol. The maximum absolute atomic E-state index is 11.4. The van der Waals surface area contributed by atoms with Gasteiger partial charge in [-0.2, -0.15) is 0 Å². The average Bonchev–Trinajstić information content (AvgIpc) is 2.41. The van der Waals surface area contributed by atoms with E-state index in [1.54, 1.807) is 32.4 Å². The second kappa shape index (κ2) is 7.61. The number of alkyl carbamates (subject to hydrolysis) is 1. The fourth-order valence-electron chi connectivity index (χ4n) is 1.50. The van der Waals surface area contributed by atoms with Crippen LogP contribution in [0.1, 0.15) is 20.8 Å². The van der Waals surface area contributed by atoms with Gasteiger partial charge in [-0.1, -0.05) is 0 Å². The molecule has 0 unspecified atom stereocenters. The van der Waals surface area contributed by atoms with Crippen LogP contribution in [0.3, 0.4) is 0 Å². The van der Waals surface area contributed by atoms with Crippen LogP contribution in [0.4, 0.5) is 4.79 Å². The number of carbonyl (C=O) groups excluding carboxylic acids is 1. The summed E-state index contributed by atoms with van der Waals surface area (Å²) in [6, 6.07) is 5.25. The van der Waals surface area contributed by atoms with Crippen molar-refractivity contribution in [2.24, 2.45) is 0 Å². The molecule has 1 rings (SSSR count). The lowest BCUT2D eigenvalue weighted by molar-refractivity contribution is 0.0520. The molecule has 0 bridgehead atoms. The number of rotatable bonds is 6. The lowest BCUT2D eigenvalue weighted by Gasteiger charge is -2.19. The normalized spacial score (nSPS) is 10.7. The molecule has 21 heavy (non-hydrogen) atoms. The summed E-state index contributed by atoms with van der Waals surface area (Å²) in [6.45, 7) is 6.09. The minimum atomic E-state index is -0.509. The number of carbonyl (C=O) groups is 1. The van der Waals surface area contributed by atoms with Gasteiger partial charge in [0, 0.05) is 18.2 Å². The molecule has 6 nitrogen and oxygen atoms in total. The van der Waals surface area contributed by atoms with Gasteiger partial charge in [0.2, 0.25) is 0 Å². The van der Waals surface area contributed by atoms with Gasteiger partial charge < -0.3 is 24.3 Å². The minimum Gasteiger partial charge on any atom is -0.496 e. The molecule has 0 aliphatic carbocycles. The molecule has 0 saturated carbocycles. The van der Waals surface area contributed by atoms with E-state index in [1.165, 1.54) is 0 Å². The second-order valence-electron chi connectivity index (χ2n) is 5.33. The van der Waals surface area contributed by atoms with E-state index in [2.05, 4.69) is 5.32 Å². The van der Waals surface area contributed by atoms with Crippen LogP contribution in [-0.4, -0.2) is 39.1 Å². The molecular weight excluding hydrogens is 274 g/mol. The van der Waals surface area contributed by atoms with E-state index >= 15 is 0 Å². The smallest absolute Gasteiger partial charge is 0.407 e. The van der Waals surface area contributed by atoms with Gasteiger partial charge in [0.05, 0.1) is 20.8 Å². The number of ether oxygens (including phenoxy) is 4. The Balaban J connectivity index is 2.40. The molecule has 1 aromatic carbocycles. The molecule has 1 N–H and O–H groups in total. The molecule has 0 atom stereocenters. The zero-order valence-corrected chi connectivity index (χ0v) is 13.2. The molecule has 1 amide bonds. The van der Waals surface area contributed by atoms with Gasteiger partial charge in [-0.15, -0.1) is 0 Å². The lowest BCUT2D eigenvalue weighted by atomic mass is 10.2. The highest BCUT2D eigenvalue weighted by Crippen LogP contribution is 2.27. The summed E-state index contributed by atoms with van der Waals surface area (Å²) in [5.74, 6) is 1.89. The summed E-state index contributed by atoms with van der Waals surface area (Å²) in [7, 11) is 3.14. The van der Waals surface area contributed by atoms with Crippen molar-refractivity contribution in [2.45, 2.75) is 26.4 Å². The fourth-order valence-corrected chi connectivity index (χ4v) is 1.50. The topological polar surface area (TPSA) is 66.0 Å². The van der Waals surface area contributed by atoms with Gasteiger partial charge in [0.15, 0.2) is 0 Å². The monoisotopic (exact) mass is 297 g/mol. The van der Waals surface area contributed by atoms with E-state index in [-0.39, 0.29) is 0 Å². The Morgan fingerprint density at radius 3 is 2.05 bits per heavy atom. The van der Waals surface area contributed by atoms with Crippen molar-refractivity contribution < 1.29 is 23.7 Å². The SMILES string of the molecule is COc1cc(OC)cc(OCCNC(=O)OC(C)(C)C)c1. The number of methoxy groups -OCH3 is 2. The van der Waals surface area contributed by atoms with E-state index in [9.17, 15) is 4.79 Å². The van der Waals surface area contributed by atoms with Crippen molar-refractivity contribution in [1.82, 2.24) is 5.32 Å². The largest absolute Gasteiger partial charge is 0.496 e. The van der Waals surface area contributed by atoms with Crippen LogP contribution in [-0.2, 0) is 4.74 Å². The zero-order valence-electron chi connectivity index (χ0n) is 13.2. The van der Waals surface area contributed by atoms with E-state index in [0.717, 1.165) is 0 Å². The molecule has 6 heteroatoms. The Kier molecular flexibility index (Phi) is 6.14. The minimum absolute atomic E-state index is 0.315. The molecule has 0 fully saturated rings. The van der Waals surface area contributed by atoms with Crippen molar-refractivity contribution in [2.75, 3.05) is 27.4 Å². The van der Waals surface area contributed by atoms with Crippen molar-refractivity contribution in [3.63, 3.8) is 0 Å². The number of benzene rings is 1. The van der Waals surface area contributed by atoms with E-state index in [4.69, 9.17) is 18.9 Å². The van der Waals surface area contributed by atoms with E-state index in [0.29, 0.717) is 30.4 Å². The first-order chi connectivity index (χ1) is 9.84. The van der Waals surface area contributed by atoms with Crippen LogP contribution in [0.25, 0.3) is 0 Å². The van der Waals surface area contributed by atoms with Crippen molar-refractivity contribution in [3.8, 4) is 17.2 Å². The van der Waals surface area contributed by atoms with Crippen LogP contribution >= 0.6 is 0 Å². The molecule has 0 radical (unpaired) electrons.